The molecule has 0 saturated heterocycles. The molecule has 2 N–H and O–H groups in total. The van der Waals surface area contributed by atoms with Gasteiger partial charge in [-0.2, -0.15) is 0 Å². The highest BCUT2D eigenvalue weighted by Gasteiger charge is 2.02. The number of benzene rings is 1. The summed E-state index contributed by atoms with van der Waals surface area (Å²) in [6, 6.07) is 4.23. The Kier molecular flexibility index (Phi) is 3.50. The molecule has 0 spiro atoms. The van der Waals surface area contributed by atoms with Crippen molar-refractivity contribution in [1.82, 2.24) is 14.9 Å². The number of hydrogen-bond acceptors (Lipinski definition) is 3. The smallest absolute Gasteiger partial charge is 0.190 e. The lowest BCUT2D eigenvalue weighted by molar-refractivity contribution is 0.628. The maximum absolute atomic E-state index is 12.9. The van der Waals surface area contributed by atoms with Crippen molar-refractivity contribution in [3.8, 4) is 0 Å². The standard InChI is InChI=1S/C9H7ClFN5S/c10-7-3-6(1-2-8(7)11)14-9(17)15-16-4-12-13-5-16/h1-5H,(H2,14,15,17). The molecule has 8 heteroatoms. The lowest BCUT2D eigenvalue weighted by Crippen LogP contribution is -2.26. The molecule has 0 aliphatic carbocycles. The summed E-state index contributed by atoms with van der Waals surface area (Å²) in [5.74, 6) is -0.477. The summed E-state index contributed by atoms with van der Waals surface area (Å²) in [7, 11) is 0. The van der Waals surface area contributed by atoms with Crippen molar-refractivity contribution in [1.29, 1.82) is 0 Å². The van der Waals surface area contributed by atoms with E-state index < -0.39 is 5.82 Å². The molecule has 2 aromatic rings. The van der Waals surface area contributed by atoms with E-state index in [1.807, 2.05) is 0 Å². The molecule has 2 rings (SSSR count). The molecule has 17 heavy (non-hydrogen) atoms. The molecule has 0 saturated carbocycles. The van der Waals surface area contributed by atoms with Crippen molar-refractivity contribution in [2.24, 2.45) is 0 Å². The fraction of sp³-hybridized carbons (Fsp3) is 0. The van der Waals surface area contributed by atoms with Crippen molar-refractivity contribution in [3.05, 3.63) is 41.7 Å². The van der Waals surface area contributed by atoms with Crippen LogP contribution in [0.25, 0.3) is 0 Å². The van der Waals surface area contributed by atoms with Crippen LogP contribution < -0.4 is 10.7 Å². The topological polar surface area (TPSA) is 54.8 Å². The highest BCUT2D eigenvalue weighted by molar-refractivity contribution is 7.80. The minimum absolute atomic E-state index is 0.0297. The fourth-order valence-corrected chi connectivity index (χ4v) is 1.51. The van der Waals surface area contributed by atoms with E-state index >= 15 is 0 Å². The molecule has 0 bridgehead atoms. The number of anilines is 1. The Labute approximate surface area is 107 Å². The van der Waals surface area contributed by atoms with Gasteiger partial charge in [-0.1, -0.05) is 11.6 Å². The van der Waals surface area contributed by atoms with E-state index in [2.05, 4.69) is 20.9 Å². The van der Waals surface area contributed by atoms with Crippen LogP contribution in [-0.2, 0) is 0 Å². The monoisotopic (exact) mass is 271 g/mol. The third-order valence-electron chi connectivity index (χ3n) is 1.83. The summed E-state index contributed by atoms with van der Waals surface area (Å²) >= 11 is 10.7. The molecule has 0 aliphatic heterocycles. The first-order chi connectivity index (χ1) is 8.15. The minimum atomic E-state index is -0.477. The van der Waals surface area contributed by atoms with Gasteiger partial charge in [0, 0.05) is 5.69 Å². The molecule has 0 aliphatic rings. The van der Waals surface area contributed by atoms with E-state index in [0.717, 1.165) is 0 Å². The molecule has 1 aromatic heterocycles. The van der Waals surface area contributed by atoms with Gasteiger partial charge in [-0.3, -0.25) is 5.43 Å². The molecule has 0 radical (unpaired) electrons. The predicted octanol–water partition coefficient (Wildman–Crippen LogP) is 2.01. The Morgan fingerprint density at radius 3 is 2.71 bits per heavy atom. The summed E-state index contributed by atoms with van der Waals surface area (Å²) in [5, 5.41) is 10.4. The molecular weight excluding hydrogens is 265 g/mol. The Morgan fingerprint density at radius 2 is 2.06 bits per heavy atom. The van der Waals surface area contributed by atoms with E-state index in [9.17, 15) is 4.39 Å². The normalized spacial score (nSPS) is 10.0. The fourth-order valence-electron chi connectivity index (χ4n) is 1.11. The van der Waals surface area contributed by atoms with Gasteiger partial charge >= 0.3 is 0 Å². The van der Waals surface area contributed by atoms with Crippen LogP contribution in [0.1, 0.15) is 0 Å². The Morgan fingerprint density at radius 1 is 1.35 bits per heavy atom. The van der Waals surface area contributed by atoms with Gasteiger partial charge < -0.3 is 5.32 Å². The van der Waals surface area contributed by atoms with Crippen LogP contribution >= 0.6 is 23.8 Å². The average Bonchev–Trinajstić information content (AvgIpc) is 2.76. The first kappa shape index (κ1) is 11.7. The van der Waals surface area contributed by atoms with Crippen LogP contribution in [0.5, 0.6) is 0 Å². The summed E-state index contributed by atoms with van der Waals surface area (Å²) in [6.45, 7) is 0. The lowest BCUT2D eigenvalue weighted by Gasteiger charge is -2.10. The number of hydrogen-bond donors (Lipinski definition) is 2. The van der Waals surface area contributed by atoms with Crippen LogP contribution in [0.15, 0.2) is 30.9 Å². The highest BCUT2D eigenvalue weighted by Crippen LogP contribution is 2.19. The maximum atomic E-state index is 12.9. The second kappa shape index (κ2) is 5.07. The number of thiocarbonyl (C=S) groups is 1. The number of aromatic nitrogens is 3. The van der Waals surface area contributed by atoms with Crippen LogP contribution in [0, 0.1) is 5.82 Å². The van der Waals surface area contributed by atoms with Crippen LogP contribution in [-0.4, -0.2) is 20.0 Å². The molecule has 0 amide bonds. The third-order valence-corrected chi connectivity index (χ3v) is 2.31. The SMILES string of the molecule is Fc1ccc(NC(=S)Nn2cnnc2)cc1Cl. The quantitative estimate of drug-likeness (QED) is 0.819. The predicted molar refractivity (Wildman–Crippen MR) is 67.0 cm³/mol. The van der Waals surface area contributed by atoms with E-state index in [0.29, 0.717) is 10.8 Å². The van der Waals surface area contributed by atoms with Crippen molar-refractivity contribution in [3.63, 3.8) is 0 Å². The largest absolute Gasteiger partial charge is 0.331 e. The number of nitrogens with one attached hydrogen (secondary N) is 2. The van der Waals surface area contributed by atoms with Gasteiger partial charge in [-0.15, -0.1) is 10.2 Å². The maximum Gasteiger partial charge on any atom is 0.190 e. The van der Waals surface area contributed by atoms with Crippen LogP contribution in [0.3, 0.4) is 0 Å². The molecule has 88 valence electrons. The van der Waals surface area contributed by atoms with Gasteiger partial charge in [0.05, 0.1) is 5.02 Å². The number of nitrogens with zero attached hydrogens (tertiary/aromatic N) is 3. The minimum Gasteiger partial charge on any atom is -0.331 e. The van der Waals surface area contributed by atoms with Gasteiger partial charge in [-0.05, 0) is 30.4 Å². The summed E-state index contributed by atoms with van der Waals surface area (Å²) < 4.78 is 14.4. The first-order valence-corrected chi connectivity index (χ1v) is 5.31. The lowest BCUT2D eigenvalue weighted by atomic mass is 10.3. The van der Waals surface area contributed by atoms with Gasteiger partial charge in [0.25, 0.3) is 0 Å². The Hall–Kier alpha value is -1.73. The Balaban J connectivity index is 2.00. The first-order valence-electron chi connectivity index (χ1n) is 4.53. The molecule has 0 unspecified atom stereocenters. The van der Waals surface area contributed by atoms with Crippen molar-refractivity contribution >= 4 is 34.6 Å². The molecule has 0 atom stereocenters. The van der Waals surface area contributed by atoms with Crippen molar-refractivity contribution in [2.45, 2.75) is 0 Å². The summed E-state index contributed by atoms with van der Waals surface area (Å²) in [5.41, 5.74) is 3.36. The summed E-state index contributed by atoms with van der Waals surface area (Å²) in [6.07, 6.45) is 2.90. The van der Waals surface area contributed by atoms with Crippen LogP contribution in [0.4, 0.5) is 10.1 Å². The van der Waals surface area contributed by atoms with Crippen molar-refractivity contribution < 1.29 is 4.39 Å². The molecule has 5 nitrogen and oxygen atoms in total. The van der Waals surface area contributed by atoms with E-state index in [1.165, 1.54) is 35.5 Å². The van der Waals surface area contributed by atoms with E-state index in [4.69, 9.17) is 23.8 Å². The Bertz CT molecular complexity index is 530. The van der Waals surface area contributed by atoms with Gasteiger partial charge in [0.2, 0.25) is 0 Å². The number of halogens is 2. The number of rotatable bonds is 2. The molecule has 0 fully saturated rings. The van der Waals surface area contributed by atoms with E-state index in [1.54, 1.807) is 0 Å². The third kappa shape index (κ3) is 3.11. The second-order valence-electron chi connectivity index (χ2n) is 3.06. The average molecular weight is 272 g/mol. The summed E-state index contributed by atoms with van der Waals surface area (Å²) in [4.78, 5) is 0. The van der Waals surface area contributed by atoms with Crippen LogP contribution in [0.2, 0.25) is 5.02 Å². The highest BCUT2D eigenvalue weighted by atomic mass is 35.5. The van der Waals surface area contributed by atoms with Gasteiger partial charge in [0.1, 0.15) is 18.5 Å². The zero-order chi connectivity index (χ0) is 12.3. The molecule has 1 aromatic carbocycles. The van der Waals surface area contributed by atoms with E-state index in [-0.39, 0.29) is 5.02 Å². The molecule has 1 heterocycles. The zero-order valence-corrected chi connectivity index (χ0v) is 9.96. The van der Waals surface area contributed by atoms with Crippen molar-refractivity contribution in [2.75, 3.05) is 10.7 Å². The van der Waals surface area contributed by atoms with Gasteiger partial charge in [0.15, 0.2) is 5.11 Å². The van der Waals surface area contributed by atoms with Gasteiger partial charge in [-0.25, -0.2) is 9.07 Å². The molecular formula is C9H7ClFN5S. The zero-order valence-electron chi connectivity index (χ0n) is 8.39. The second-order valence-corrected chi connectivity index (χ2v) is 3.88.